The summed E-state index contributed by atoms with van der Waals surface area (Å²) in [5.41, 5.74) is 1.17. The lowest BCUT2D eigenvalue weighted by atomic mass is 10.1. The Morgan fingerprint density at radius 2 is 2.06 bits per heavy atom. The van der Waals surface area contributed by atoms with E-state index in [1.54, 1.807) is 0 Å². The van der Waals surface area contributed by atoms with Gasteiger partial charge in [-0.2, -0.15) is 0 Å². The molecule has 0 radical (unpaired) electrons. The highest BCUT2D eigenvalue weighted by atomic mass is 35.5. The predicted octanol–water partition coefficient (Wildman–Crippen LogP) is 2.43. The Kier molecular flexibility index (Phi) is 4.30. The Balaban J connectivity index is 1.85. The van der Waals surface area contributed by atoms with Gasteiger partial charge in [0.15, 0.2) is 9.84 Å². The Morgan fingerprint density at radius 1 is 1.39 bits per heavy atom. The van der Waals surface area contributed by atoms with Crippen molar-refractivity contribution in [1.29, 1.82) is 0 Å². The summed E-state index contributed by atoms with van der Waals surface area (Å²) >= 11 is 5.84. The van der Waals surface area contributed by atoms with Crippen molar-refractivity contribution >= 4 is 21.4 Å². The summed E-state index contributed by atoms with van der Waals surface area (Å²) in [5.74, 6) is 0.923. The molecule has 0 saturated carbocycles. The maximum absolute atomic E-state index is 11.4. The normalized spacial score (nSPS) is 24.0. The van der Waals surface area contributed by atoms with Crippen molar-refractivity contribution < 1.29 is 8.42 Å². The average Bonchev–Trinajstić information content (AvgIpc) is 2.67. The highest BCUT2D eigenvalue weighted by Crippen LogP contribution is 2.20. The van der Waals surface area contributed by atoms with Gasteiger partial charge in [-0.15, -0.1) is 0 Å². The second-order valence-corrected chi connectivity index (χ2v) is 7.62. The molecule has 1 aliphatic rings. The summed E-state index contributed by atoms with van der Waals surface area (Å²) in [6, 6.07) is 7.94. The van der Waals surface area contributed by atoms with Gasteiger partial charge in [0.2, 0.25) is 0 Å². The van der Waals surface area contributed by atoms with Crippen LogP contribution in [0.3, 0.4) is 0 Å². The summed E-state index contributed by atoms with van der Waals surface area (Å²) < 4.78 is 22.7. The summed E-state index contributed by atoms with van der Waals surface area (Å²) in [6.45, 7) is 2.83. The molecular weight excluding hydrogens is 270 g/mol. The standard InChI is InChI=1S/C13H18ClNO2S/c1-10(12-2-4-13(14)5-3-12)15-8-11-6-7-18(16,17)9-11/h2-5,10-11,15H,6-9H2,1H3. The number of hydrogen-bond donors (Lipinski definition) is 1. The van der Waals surface area contributed by atoms with E-state index in [9.17, 15) is 8.42 Å². The van der Waals surface area contributed by atoms with Crippen molar-refractivity contribution in [2.24, 2.45) is 5.92 Å². The first-order valence-electron chi connectivity index (χ1n) is 6.15. The van der Waals surface area contributed by atoms with E-state index in [1.165, 1.54) is 5.56 Å². The van der Waals surface area contributed by atoms with Gasteiger partial charge in [-0.3, -0.25) is 0 Å². The van der Waals surface area contributed by atoms with E-state index in [0.717, 1.165) is 18.0 Å². The van der Waals surface area contributed by atoms with Gasteiger partial charge in [0, 0.05) is 11.1 Å². The van der Waals surface area contributed by atoms with E-state index >= 15 is 0 Å². The van der Waals surface area contributed by atoms with Gasteiger partial charge in [-0.1, -0.05) is 23.7 Å². The molecule has 1 N–H and O–H groups in total. The number of rotatable bonds is 4. The Morgan fingerprint density at radius 3 is 2.61 bits per heavy atom. The highest BCUT2D eigenvalue weighted by molar-refractivity contribution is 7.91. The molecule has 5 heteroatoms. The molecular formula is C13H18ClNO2S. The Hall–Kier alpha value is -0.580. The van der Waals surface area contributed by atoms with Crippen LogP contribution in [0.25, 0.3) is 0 Å². The zero-order valence-electron chi connectivity index (χ0n) is 10.4. The van der Waals surface area contributed by atoms with Crippen LogP contribution in [-0.2, 0) is 9.84 Å². The smallest absolute Gasteiger partial charge is 0.150 e. The van der Waals surface area contributed by atoms with E-state index in [2.05, 4.69) is 12.2 Å². The minimum absolute atomic E-state index is 0.213. The molecule has 1 aliphatic heterocycles. The van der Waals surface area contributed by atoms with Crippen LogP contribution in [-0.4, -0.2) is 26.5 Å². The number of benzene rings is 1. The molecule has 2 atom stereocenters. The second kappa shape index (κ2) is 5.59. The van der Waals surface area contributed by atoms with E-state index < -0.39 is 9.84 Å². The Labute approximate surface area is 113 Å². The van der Waals surface area contributed by atoms with Crippen molar-refractivity contribution in [1.82, 2.24) is 5.32 Å². The number of hydrogen-bond acceptors (Lipinski definition) is 3. The van der Waals surface area contributed by atoms with Gasteiger partial charge in [-0.05, 0) is 43.5 Å². The third kappa shape index (κ3) is 3.70. The molecule has 3 nitrogen and oxygen atoms in total. The molecule has 2 unspecified atom stereocenters. The molecule has 1 aromatic rings. The summed E-state index contributed by atoms with van der Waals surface area (Å²) in [4.78, 5) is 0. The molecule has 1 aromatic carbocycles. The largest absolute Gasteiger partial charge is 0.310 e. The van der Waals surface area contributed by atoms with Crippen LogP contribution in [0.5, 0.6) is 0 Å². The fraction of sp³-hybridized carbons (Fsp3) is 0.538. The fourth-order valence-corrected chi connectivity index (χ4v) is 4.23. The van der Waals surface area contributed by atoms with Crippen LogP contribution in [0, 0.1) is 5.92 Å². The lowest BCUT2D eigenvalue weighted by Crippen LogP contribution is -2.26. The maximum atomic E-state index is 11.4. The molecule has 1 saturated heterocycles. The van der Waals surface area contributed by atoms with Crippen molar-refractivity contribution in [3.8, 4) is 0 Å². The lowest BCUT2D eigenvalue weighted by Gasteiger charge is -2.17. The molecule has 18 heavy (non-hydrogen) atoms. The molecule has 0 aliphatic carbocycles. The van der Waals surface area contributed by atoms with Gasteiger partial charge in [0.05, 0.1) is 11.5 Å². The third-order valence-corrected chi connectivity index (χ3v) is 5.50. The fourth-order valence-electron chi connectivity index (χ4n) is 2.25. The molecule has 0 spiro atoms. The topological polar surface area (TPSA) is 46.2 Å². The lowest BCUT2D eigenvalue weighted by molar-refractivity contribution is 0.476. The van der Waals surface area contributed by atoms with Crippen molar-refractivity contribution in [3.05, 3.63) is 34.9 Å². The molecule has 0 bridgehead atoms. The molecule has 100 valence electrons. The first-order valence-corrected chi connectivity index (χ1v) is 8.35. The minimum atomic E-state index is -2.77. The van der Waals surface area contributed by atoms with Crippen LogP contribution in [0.1, 0.15) is 24.9 Å². The zero-order valence-corrected chi connectivity index (χ0v) is 12.0. The Bertz CT molecular complexity index is 498. The highest BCUT2D eigenvalue weighted by Gasteiger charge is 2.27. The van der Waals surface area contributed by atoms with Crippen LogP contribution in [0.15, 0.2) is 24.3 Å². The average molecular weight is 288 g/mol. The van der Waals surface area contributed by atoms with Crippen molar-refractivity contribution in [2.75, 3.05) is 18.1 Å². The number of nitrogens with one attached hydrogen (secondary N) is 1. The van der Waals surface area contributed by atoms with E-state index in [1.807, 2.05) is 24.3 Å². The summed E-state index contributed by atoms with van der Waals surface area (Å²) in [7, 11) is -2.77. The van der Waals surface area contributed by atoms with E-state index in [4.69, 9.17) is 11.6 Å². The molecule has 1 heterocycles. The second-order valence-electron chi connectivity index (χ2n) is 4.95. The monoisotopic (exact) mass is 287 g/mol. The quantitative estimate of drug-likeness (QED) is 0.925. The van der Waals surface area contributed by atoms with Crippen LogP contribution < -0.4 is 5.32 Å². The van der Waals surface area contributed by atoms with Crippen LogP contribution in [0.2, 0.25) is 5.02 Å². The first kappa shape index (κ1) is 13.8. The van der Waals surface area contributed by atoms with Crippen LogP contribution >= 0.6 is 11.6 Å². The predicted molar refractivity (Wildman–Crippen MR) is 74.6 cm³/mol. The van der Waals surface area contributed by atoms with Crippen molar-refractivity contribution in [3.63, 3.8) is 0 Å². The SMILES string of the molecule is CC(NCC1CCS(=O)(=O)C1)c1ccc(Cl)cc1. The minimum Gasteiger partial charge on any atom is -0.310 e. The third-order valence-electron chi connectivity index (χ3n) is 3.41. The molecule has 2 rings (SSSR count). The first-order chi connectivity index (χ1) is 8.46. The van der Waals surface area contributed by atoms with Crippen molar-refractivity contribution in [2.45, 2.75) is 19.4 Å². The zero-order chi connectivity index (χ0) is 13.2. The van der Waals surface area contributed by atoms with Gasteiger partial charge < -0.3 is 5.32 Å². The van der Waals surface area contributed by atoms with E-state index in [-0.39, 0.29) is 12.0 Å². The van der Waals surface area contributed by atoms with Gasteiger partial charge >= 0.3 is 0 Å². The van der Waals surface area contributed by atoms with E-state index in [0.29, 0.717) is 11.5 Å². The van der Waals surface area contributed by atoms with Gasteiger partial charge in [0.1, 0.15) is 0 Å². The molecule has 0 aromatic heterocycles. The molecule has 1 fully saturated rings. The summed E-state index contributed by atoms with van der Waals surface area (Å²) in [5, 5.41) is 4.12. The van der Waals surface area contributed by atoms with Crippen LogP contribution in [0.4, 0.5) is 0 Å². The number of halogens is 1. The summed E-state index contributed by atoms with van der Waals surface area (Å²) in [6.07, 6.45) is 0.780. The van der Waals surface area contributed by atoms with Gasteiger partial charge in [-0.25, -0.2) is 8.42 Å². The molecule has 0 amide bonds. The van der Waals surface area contributed by atoms with Gasteiger partial charge in [0.25, 0.3) is 0 Å². The number of sulfone groups is 1. The maximum Gasteiger partial charge on any atom is 0.150 e.